The molecule has 37 heavy (non-hydrogen) atoms. The number of aromatic nitrogens is 1. The largest absolute Gasteiger partial charge is 0.469 e. The molecule has 0 unspecified atom stereocenters. The van der Waals surface area contributed by atoms with Crippen molar-refractivity contribution in [2.24, 2.45) is 0 Å². The summed E-state index contributed by atoms with van der Waals surface area (Å²) in [5.41, 5.74) is 8.60. The number of aromatic amines is 1. The van der Waals surface area contributed by atoms with Crippen LogP contribution in [0.15, 0.2) is 24.3 Å². The number of ether oxygens (including phenoxy) is 2. The van der Waals surface area contributed by atoms with Gasteiger partial charge in [-0.15, -0.1) is 5.54 Å². The Morgan fingerprint density at radius 3 is 2.22 bits per heavy atom. The number of esters is 2. The number of rotatable bonds is 8. The number of fused-ring (bicyclic) bond motifs is 3. The van der Waals surface area contributed by atoms with Crippen LogP contribution in [-0.2, 0) is 25.5 Å². The van der Waals surface area contributed by atoms with E-state index in [0.29, 0.717) is 29.5 Å². The van der Waals surface area contributed by atoms with Crippen LogP contribution in [0, 0.1) is 11.5 Å². The fourth-order valence-electron chi connectivity index (χ4n) is 6.66. The van der Waals surface area contributed by atoms with Gasteiger partial charge in [-0.25, -0.2) is 0 Å². The first kappa shape index (κ1) is 29.0. The van der Waals surface area contributed by atoms with E-state index in [-0.39, 0.29) is 30.4 Å². The average Bonchev–Trinajstić information content (AvgIpc) is 3.24. The fraction of sp³-hybridized carbons (Fsp3) is 0.600. The normalized spacial score (nSPS) is 19.0. The van der Waals surface area contributed by atoms with Gasteiger partial charge in [0.15, 0.2) is 0 Å². The van der Waals surface area contributed by atoms with Gasteiger partial charge in [0, 0.05) is 29.4 Å². The van der Waals surface area contributed by atoms with Crippen molar-refractivity contribution in [2.75, 3.05) is 14.2 Å². The zero-order chi connectivity index (χ0) is 27.5. The number of hydrogen-bond donors (Lipinski definition) is 1. The second-order valence-corrected chi connectivity index (χ2v) is 16.8. The van der Waals surface area contributed by atoms with Crippen LogP contribution in [0.2, 0.25) is 16.6 Å². The average molecular weight is 525 g/mol. The highest BCUT2D eigenvalue weighted by atomic mass is 28.3. The van der Waals surface area contributed by atoms with Crippen LogP contribution in [-0.4, -0.2) is 56.2 Å². The standard InChI is InChI=1S/C30H44N2O4Si/c1-19(2)37(20(3)4,21(5)6)17-16-22(7)32-26(14-15-28(33)35-8)29-24(18-27(32)30(34)36-9)23-12-10-11-13-25(23)31-29/h10-13,19-22,26-27,31H,14-15,18H2,1-9H3/t22-,26+,27+/m0/s1. The number of benzene rings is 1. The van der Waals surface area contributed by atoms with Gasteiger partial charge >= 0.3 is 11.9 Å². The molecule has 0 bridgehead atoms. The lowest BCUT2D eigenvalue weighted by Gasteiger charge is -2.43. The van der Waals surface area contributed by atoms with Crippen LogP contribution in [0.1, 0.15) is 78.6 Å². The third kappa shape index (κ3) is 5.51. The number of carbonyl (C=O) groups excluding carboxylic acids is 2. The molecule has 0 fully saturated rings. The van der Waals surface area contributed by atoms with Gasteiger partial charge in [0.25, 0.3) is 0 Å². The molecular weight excluding hydrogens is 480 g/mol. The predicted molar refractivity (Wildman–Crippen MR) is 152 cm³/mol. The zero-order valence-corrected chi connectivity index (χ0v) is 25.0. The van der Waals surface area contributed by atoms with E-state index in [4.69, 9.17) is 9.47 Å². The molecule has 1 N–H and O–H groups in total. The molecule has 0 amide bonds. The Hall–Kier alpha value is -2.56. The van der Waals surface area contributed by atoms with Crippen LogP contribution < -0.4 is 0 Å². The first-order chi connectivity index (χ1) is 17.5. The lowest BCUT2D eigenvalue weighted by Crippen LogP contribution is -2.52. The maximum absolute atomic E-state index is 13.2. The van der Waals surface area contributed by atoms with E-state index >= 15 is 0 Å². The molecule has 1 aliphatic rings. The van der Waals surface area contributed by atoms with Gasteiger partial charge in [-0.05, 0) is 41.6 Å². The van der Waals surface area contributed by atoms with Crippen LogP contribution in [0.4, 0.5) is 0 Å². The van der Waals surface area contributed by atoms with Crippen molar-refractivity contribution in [1.82, 2.24) is 9.88 Å². The minimum atomic E-state index is -1.96. The summed E-state index contributed by atoms with van der Waals surface area (Å²) in [7, 11) is 0.895. The van der Waals surface area contributed by atoms with Crippen molar-refractivity contribution in [3.63, 3.8) is 0 Å². The smallest absolute Gasteiger partial charge is 0.323 e. The minimum Gasteiger partial charge on any atom is -0.469 e. The van der Waals surface area contributed by atoms with E-state index in [0.717, 1.165) is 22.2 Å². The summed E-state index contributed by atoms with van der Waals surface area (Å²) in [6.07, 6.45) is 1.31. The Morgan fingerprint density at radius 1 is 1.03 bits per heavy atom. The maximum atomic E-state index is 13.2. The summed E-state index contributed by atoms with van der Waals surface area (Å²) in [6, 6.07) is 7.28. The lowest BCUT2D eigenvalue weighted by atomic mass is 9.88. The molecule has 1 aromatic heterocycles. The molecule has 202 valence electrons. The van der Waals surface area contributed by atoms with Gasteiger partial charge in [-0.1, -0.05) is 65.7 Å². The van der Waals surface area contributed by atoms with E-state index in [1.807, 2.05) is 12.1 Å². The third-order valence-electron chi connectivity index (χ3n) is 8.43. The quantitative estimate of drug-likeness (QED) is 0.254. The highest BCUT2D eigenvalue weighted by Gasteiger charge is 2.44. The summed E-state index contributed by atoms with van der Waals surface area (Å²) < 4.78 is 10.3. The van der Waals surface area contributed by atoms with Gasteiger partial charge < -0.3 is 14.5 Å². The van der Waals surface area contributed by atoms with Crippen molar-refractivity contribution in [3.05, 3.63) is 35.5 Å². The summed E-state index contributed by atoms with van der Waals surface area (Å²) in [4.78, 5) is 31.2. The van der Waals surface area contributed by atoms with Crippen molar-refractivity contribution in [1.29, 1.82) is 0 Å². The molecule has 1 aliphatic heterocycles. The maximum Gasteiger partial charge on any atom is 0.323 e. The molecule has 2 aromatic rings. The van der Waals surface area contributed by atoms with Crippen LogP contribution in [0.25, 0.3) is 10.9 Å². The van der Waals surface area contributed by atoms with Crippen molar-refractivity contribution >= 4 is 30.9 Å². The fourth-order valence-corrected chi connectivity index (χ4v) is 12.0. The predicted octanol–water partition coefficient (Wildman–Crippen LogP) is 6.17. The minimum absolute atomic E-state index is 0.197. The first-order valence-electron chi connectivity index (χ1n) is 13.5. The van der Waals surface area contributed by atoms with Crippen LogP contribution in [0.3, 0.4) is 0 Å². The summed E-state index contributed by atoms with van der Waals surface area (Å²) >= 11 is 0. The molecule has 6 nitrogen and oxygen atoms in total. The van der Waals surface area contributed by atoms with Crippen LogP contribution in [0.5, 0.6) is 0 Å². The van der Waals surface area contributed by atoms with E-state index in [9.17, 15) is 9.59 Å². The topological polar surface area (TPSA) is 71.6 Å². The highest BCUT2D eigenvalue weighted by Crippen LogP contribution is 2.43. The van der Waals surface area contributed by atoms with Crippen LogP contribution >= 0.6 is 0 Å². The van der Waals surface area contributed by atoms with Crippen molar-refractivity contribution < 1.29 is 19.1 Å². The molecule has 1 aromatic carbocycles. The zero-order valence-electron chi connectivity index (χ0n) is 24.0. The van der Waals surface area contributed by atoms with Gasteiger partial charge in [-0.2, -0.15) is 0 Å². The molecule has 0 aliphatic carbocycles. The van der Waals surface area contributed by atoms with Crippen molar-refractivity contribution in [2.45, 2.75) is 102 Å². The van der Waals surface area contributed by atoms with E-state index in [2.05, 4.69) is 81.9 Å². The number of hydrogen-bond acceptors (Lipinski definition) is 5. The third-order valence-corrected chi connectivity index (χ3v) is 14.7. The van der Waals surface area contributed by atoms with Gasteiger partial charge in [0.1, 0.15) is 14.1 Å². The molecule has 0 radical (unpaired) electrons. The molecule has 3 rings (SSSR count). The Labute approximate surface area is 223 Å². The summed E-state index contributed by atoms with van der Waals surface area (Å²) in [5.74, 6) is 3.11. The molecule has 0 saturated carbocycles. The number of carbonyl (C=O) groups is 2. The van der Waals surface area contributed by atoms with Gasteiger partial charge in [-0.3, -0.25) is 14.5 Å². The number of para-hydroxylation sites is 1. The van der Waals surface area contributed by atoms with E-state index in [1.165, 1.54) is 14.2 Å². The van der Waals surface area contributed by atoms with Crippen molar-refractivity contribution in [3.8, 4) is 11.5 Å². The van der Waals surface area contributed by atoms with Gasteiger partial charge in [0.05, 0.1) is 26.3 Å². The Balaban J connectivity index is 2.16. The van der Waals surface area contributed by atoms with Gasteiger partial charge in [0.2, 0.25) is 0 Å². The van der Waals surface area contributed by atoms with E-state index < -0.39 is 14.1 Å². The highest BCUT2D eigenvalue weighted by molar-refractivity contribution is 6.90. The number of nitrogens with one attached hydrogen (secondary N) is 1. The summed E-state index contributed by atoms with van der Waals surface area (Å²) in [6.45, 7) is 15.9. The number of H-pyrrole nitrogens is 1. The Morgan fingerprint density at radius 2 is 1.65 bits per heavy atom. The number of methoxy groups -OCH3 is 2. The Kier molecular flexibility index (Phi) is 9.30. The first-order valence-corrected chi connectivity index (χ1v) is 15.8. The van der Waals surface area contributed by atoms with E-state index in [1.54, 1.807) is 0 Å². The summed E-state index contributed by atoms with van der Waals surface area (Å²) in [5, 5.41) is 1.11. The Bertz CT molecular complexity index is 1150. The monoisotopic (exact) mass is 524 g/mol. The second-order valence-electron chi connectivity index (χ2n) is 11.2. The molecule has 7 heteroatoms. The molecule has 3 atom stereocenters. The second kappa shape index (κ2) is 11.9. The molecule has 2 heterocycles. The molecule has 0 spiro atoms. The lowest BCUT2D eigenvalue weighted by molar-refractivity contribution is -0.149. The number of nitrogens with zero attached hydrogens (tertiary/aromatic N) is 1. The SMILES string of the molecule is COC(=O)CC[C@@H]1c2[nH]c3ccccc3c2C[C@H](C(=O)OC)N1[C@@H](C)C#C[Si](C(C)C)(C(C)C)C(C)C. The molecular formula is C30H44N2O4Si. The molecule has 0 saturated heterocycles.